The Kier molecular flexibility index (Phi) is 6.62. The first kappa shape index (κ1) is 24.5. The Morgan fingerprint density at radius 3 is 2.36 bits per heavy atom. The second-order valence-corrected chi connectivity index (χ2v) is 11.1. The maximum Gasteiger partial charge on any atom is 0.263 e. The summed E-state index contributed by atoms with van der Waals surface area (Å²) in [5.74, 6) is 0.772. The van der Waals surface area contributed by atoms with E-state index in [-0.39, 0.29) is 11.8 Å². The lowest BCUT2D eigenvalue weighted by atomic mass is 9.78. The molecule has 2 amide bonds. The summed E-state index contributed by atoms with van der Waals surface area (Å²) in [7, 11) is 0. The number of benzene rings is 2. The number of nitrogens with zero attached hydrogens (tertiary/aromatic N) is 2. The fourth-order valence-electron chi connectivity index (χ4n) is 5.33. The van der Waals surface area contributed by atoms with Crippen LogP contribution in [0.3, 0.4) is 0 Å². The number of aryl methyl sites for hydroxylation is 2. The van der Waals surface area contributed by atoms with Gasteiger partial charge in [0.05, 0.1) is 16.8 Å². The first-order valence-electron chi connectivity index (χ1n) is 13.3. The quantitative estimate of drug-likeness (QED) is 0.492. The van der Waals surface area contributed by atoms with Gasteiger partial charge >= 0.3 is 0 Å². The maximum absolute atomic E-state index is 13.5. The van der Waals surface area contributed by atoms with Gasteiger partial charge < -0.3 is 10.1 Å². The largest absolute Gasteiger partial charge is 0.478 e. The molecule has 0 unspecified atom stereocenters. The van der Waals surface area contributed by atoms with Crippen molar-refractivity contribution in [3.63, 3.8) is 0 Å². The van der Waals surface area contributed by atoms with Gasteiger partial charge in [-0.1, -0.05) is 42.7 Å². The summed E-state index contributed by atoms with van der Waals surface area (Å²) in [5.41, 5.74) is 2.98. The van der Waals surface area contributed by atoms with Crippen LogP contribution in [0.15, 0.2) is 53.6 Å². The molecule has 1 aliphatic heterocycles. The average molecular weight is 488 g/mol. The van der Waals surface area contributed by atoms with E-state index >= 15 is 0 Å². The number of rotatable bonds is 9. The van der Waals surface area contributed by atoms with E-state index in [0.717, 1.165) is 69.2 Å². The minimum absolute atomic E-state index is 0.0681. The number of carbonyl (C=O) groups is 2. The summed E-state index contributed by atoms with van der Waals surface area (Å²) in [6.45, 7) is 5.66. The van der Waals surface area contributed by atoms with Gasteiger partial charge in [-0.2, -0.15) is 10.1 Å². The zero-order chi connectivity index (χ0) is 25.3. The molecule has 5 rings (SSSR count). The van der Waals surface area contributed by atoms with E-state index in [2.05, 4.69) is 17.4 Å². The number of hydrazone groups is 1. The minimum atomic E-state index is -0.907. The van der Waals surface area contributed by atoms with E-state index in [1.807, 2.05) is 43.3 Å². The summed E-state index contributed by atoms with van der Waals surface area (Å²) < 4.78 is 6.00. The van der Waals surface area contributed by atoms with Crippen LogP contribution in [0.2, 0.25) is 0 Å². The number of nitrogens with one attached hydrogen (secondary N) is 1. The van der Waals surface area contributed by atoms with Crippen molar-refractivity contribution in [2.45, 2.75) is 90.2 Å². The first-order valence-corrected chi connectivity index (χ1v) is 13.3. The molecule has 1 heterocycles. The number of carbonyl (C=O) groups excluding carboxylic acids is 2. The third-order valence-corrected chi connectivity index (χ3v) is 7.75. The van der Waals surface area contributed by atoms with Gasteiger partial charge in [-0.05, 0) is 95.5 Å². The van der Waals surface area contributed by atoms with Crippen LogP contribution in [0.25, 0.3) is 0 Å². The van der Waals surface area contributed by atoms with Crippen molar-refractivity contribution >= 4 is 23.2 Å². The van der Waals surface area contributed by atoms with Crippen molar-refractivity contribution in [2.24, 2.45) is 10.5 Å². The van der Waals surface area contributed by atoms with Crippen molar-refractivity contribution in [1.82, 2.24) is 5.32 Å². The molecule has 190 valence electrons. The Hall–Kier alpha value is -3.15. The highest BCUT2D eigenvalue weighted by Gasteiger charge is 2.52. The summed E-state index contributed by atoms with van der Waals surface area (Å²) in [6, 6.07) is 16.4. The molecule has 1 spiro atoms. The molecule has 36 heavy (non-hydrogen) atoms. The van der Waals surface area contributed by atoms with Crippen LogP contribution in [0.5, 0.6) is 5.75 Å². The fourth-order valence-corrected chi connectivity index (χ4v) is 5.33. The van der Waals surface area contributed by atoms with Crippen LogP contribution < -0.4 is 15.1 Å². The smallest absolute Gasteiger partial charge is 0.263 e. The normalized spacial score (nSPS) is 19.0. The number of ether oxygens (including phenoxy) is 1. The summed E-state index contributed by atoms with van der Waals surface area (Å²) in [5, 5.41) is 9.54. The second kappa shape index (κ2) is 9.72. The Balaban J connectivity index is 1.20. The zero-order valence-corrected chi connectivity index (χ0v) is 21.7. The van der Waals surface area contributed by atoms with E-state index in [0.29, 0.717) is 11.8 Å². The van der Waals surface area contributed by atoms with Gasteiger partial charge in [0.25, 0.3) is 11.8 Å². The number of hydrogen-bond acceptors (Lipinski definition) is 4. The monoisotopic (exact) mass is 487 g/mol. The van der Waals surface area contributed by atoms with Gasteiger partial charge in [-0.15, -0.1) is 0 Å². The molecule has 0 bridgehead atoms. The van der Waals surface area contributed by atoms with Crippen molar-refractivity contribution in [3.8, 4) is 5.75 Å². The fraction of sp³-hybridized carbons (Fsp3) is 0.500. The second-order valence-electron chi connectivity index (χ2n) is 11.1. The first-order chi connectivity index (χ1) is 17.3. The Labute approximate surface area is 214 Å². The molecule has 2 aromatic carbocycles. The van der Waals surface area contributed by atoms with Crippen LogP contribution in [0.4, 0.5) is 5.69 Å². The average Bonchev–Trinajstić information content (AvgIpc) is 3.46. The summed E-state index contributed by atoms with van der Waals surface area (Å²) in [6.07, 6.45) is 8.76. The van der Waals surface area contributed by atoms with Gasteiger partial charge in [0, 0.05) is 6.04 Å². The molecule has 3 aliphatic rings. The van der Waals surface area contributed by atoms with Gasteiger partial charge in [0.1, 0.15) is 5.75 Å². The predicted octanol–water partition coefficient (Wildman–Crippen LogP) is 5.72. The number of amides is 2. The molecule has 2 aromatic rings. The summed E-state index contributed by atoms with van der Waals surface area (Å²) in [4.78, 5) is 25.9. The van der Waals surface area contributed by atoms with Gasteiger partial charge in [-0.25, -0.2) is 0 Å². The molecule has 0 atom stereocenters. The van der Waals surface area contributed by atoms with E-state index in [9.17, 15) is 9.59 Å². The highest BCUT2D eigenvalue weighted by molar-refractivity contribution is 6.19. The highest BCUT2D eigenvalue weighted by Crippen LogP contribution is 2.46. The molecule has 0 radical (unpaired) electrons. The van der Waals surface area contributed by atoms with Crippen molar-refractivity contribution < 1.29 is 14.3 Å². The molecule has 2 aliphatic carbocycles. The zero-order valence-electron chi connectivity index (χ0n) is 21.7. The molecule has 6 nitrogen and oxygen atoms in total. The molecule has 0 aromatic heterocycles. The van der Waals surface area contributed by atoms with Gasteiger partial charge in [0.2, 0.25) is 0 Å². The third kappa shape index (κ3) is 5.04. The number of hydrogen-bond donors (Lipinski definition) is 1. The van der Waals surface area contributed by atoms with Crippen LogP contribution in [0, 0.1) is 12.3 Å². The van der Waals surface area contributed by atoms with Gasteiger partial charge in [-0.3, -0.25) is 9.59 Å². The van der Waals surface area contributed by atoms with Crippen LogP contribution in [-0.2, 0) is 16.0 Å². The van der Waals surface area contributed by atoms with E-state index in [4.69, 9.17) is 9.84 Å². The lowest BCUT2D eigenvalue weighted by Gasteiger charge is -2.25. The van der Waals surface area contributed by atoms with Gasteiger partial charge in [0.15, 0.2) is 5.60 Å². The Bertz CT molecular complexity index is 1140. The molecule has 6 heteroatoms. The minimum Gasteiger partial charge on any atom is -0.478 e. The lowest BCUT2D eigenvalue weighted by molar-refractivity contribution is -0.134. The van der Waals surface area contributed by atoms with E-state index in [1.165, 1.54) is 11.1 Å². The van der Waals surface area contributed by atoms with Crippen molar-refractivity contribution in [3.05, 3.63) is 59.7 Å². The van der Waals surface area contributed by atoms with Crippen molar-refractivity contribution in [1.29, 1.82) is 0 Å². The topological polar surface area (TPSA) is 71.0 Å². The highest BCUT2D eigenvalue weighted by atomic mass is 16.5. The molecule has 2 fully saturated rings. The SMILES string of the molecule is Cc1ccc(N2N=C(CCCc3ccc(OC(C)(C)C(=O)NC4CC4)cc3)C3(CCCC3)C2=O)cc1. The molecular formula is C30H37N3O3. The van der Waals surface area contributed by atoms with Crippen LogP contribution in [-0.4, -0.2) is 29.2 Å². The van der Waals surface area contributed by atoms with Crippen LogP contribution >= 0.6 is 0 Å². The Morgan fingerprint density at radius 2 is 1.72 bits per heavy atom. The number of anilines is 1. The summed E-state index contributed by atoms with van der Waals surface area (Å²) >= 11 is 0. The van der Waals surface area contributed by atoms with Crippen LogP contribution in [0.1, 0.15) is 76.3 Å². The van der Waals surface area contributed by atoms with Crippen molar-refractivity contribution in [2.75, 3.05) is 5.01 Å². The molecule has 0 saturated heterocycles. The van der Waals surface area contributed by atoms with E-state index in [1.54, 1.807) is 18.9 Å². The lowest BCUT2D eigenvalue weighted by Crippen LogP contribution is -2.47. The van der Waals surface area contributed by atoms with E-state index < -0.39 is 11.0 Å². The molecule has 2 saturated carbocycles. The predicted molar refractivity (Wildman–Crippen MR) is 142 cm³/mol. The Morgan fingerprint density at radius 1 is 1.06 bits per heavy atom. The standard InChI is InChI=1S/C30H37N3O3/c1-21-9-15-24(16-10-21)33-28(35)30(19-4-5-20-30)26(32-33)8-6-7-22-11-17-25(18-12-22)36-29(2,3)27(34)31-23-13-14-23/h9-12,15-18,23H,4-8,13-14,19-20H2,1-3H3,(H,31,34). The maximum atomic E-state index is 13.5. The molecular weight excluding hydrogens is 450 g/mol. The molecule has 1 N–H and O–H groups in total. The third-order valence-electron chi connectivity index (χ3n) is 7.75.